The van der Waals surface area contributed by atoms with E-state index >= 15 is 0 Å². The van der Waals surface area contributed by atoms with Gasteiger partial charge in [-0.1, -0.05) is 65.8 Å². The van der Waals surface area contributed by atoms with Crippen LogP contribution in [0.2, 0.25) is 0 Å². The lowest BCUT2D eigenvalue weighted by Gasteiger charge is -2.11. The first-order chi connectivity index (χ1) is 12.6. The Morgan fingerprint density at radius 3 is 2.62 bits per heavy atom. The molecule has 1 fully saturated rings. The Bertz CT molecular complexity index is 839. The molecule has 2 nitrogen and oxygen atoms in total. The Morgan fingerprint density at radius 2 is 1.92 bits per heavy atom. The number of allylic oxidation sites excluding steroid dienone is 1. The van der Waals surface area contributed by atoms with Gasteiger partial charge in [0.2, 0.25) is 5.12 Å². The molecule has 130 valence electrons. The molecule has 1 aliphatic rings. The molecule has 0 spiro atoms. The number of hydrogen-bond donors (Lipinski definition) is 0. The fraction of sp³-hybridized carbons (Fsp3) is 0.227. The summed E-state index contributed by atoms with van der Waals surface area (Å²) < 4.78 is 5.46. The second-order valence-electron chi connectivity index (χ2n) is 6.25. The van der Waals surface area contributed by atoms with Crippen molar-refractivity contribution in [3.8, 4) is 5.75 Å². The summed E-state index contributed by atoms with van der Waals surface area (Å²) in [6, 6.07) is 15.7. The van der Waals surface area contributed by atoms with E-state index in [0.717, 1.165) is 45.7 Å². The fourth-order valence-corrected chi connectivity index (χ4v) is 4.10. The molecule has 0 N–H and O–H groups in total. The second-order valence-corrected chi connectivity index (χ2v) is 7.29. The monoisotopic (exact) mass is 360 g/mol. The van der Waals surface area contributed by atoms with Crippen molar-refractivity contribution in [3.05, 3.63) is 76.7 Å². The second kappa shape index (κ2) is 8.46. The molecule has 0 amide bonds. The summed E-state index contributed by atoms with van der Waals surface area (Å²) >= 11 is 1.29. The minimum Gasteiger partial charge on any atom is -0.494 e. The van der Waals surface area contributed by atoms with Gasteiger partial charge in [0.15, 0.2) is 0 Å². The van der Waals surface area contributed by atoms with Crippen LogP contribution in [0.15, 0.2) is 65.6 Å². The highest BCUT2D eigenvalue weighted by Gasteiger charge is 2.32. The van der Waals surface area contributed by atoms with Gasteiger partial charge >= 0.3 is 0 Å². The molecule has 3 rings (SSSR count). The summed E-state index contributed by atoms with van der Waals surface area (Å²) in [7, 11) is 6.00. The van der Waals surface area contributed by atoms with Crippen molar-refractivity contribution in [1.82, 2.24) is 0 Å². The molecule has 1 heterocycles. The van der Waals surface area contributed by atoms with Crippen LogP contribution in [0.25, 0.3) is 6.08 Å². The number of thioether (sulfide) groups is 1. The van der Waals surface area contributed by atoms with Crippen LogP contribution in [0.5, 0.6) is 5.75 Å². The van der Waals surface area contributed by atoms with Gasteiger partial charge in [0.1, 0.15) is 13.6 Å². The molecule has 2 aromatic carbocycles. The van der Waals surface area contributed by atoms with Crippen LogP contribution < -0.4 is 10.2 Å². The van der Waals surface area contributed by atoms with Gasteiger partial charge in [-0.3, -0.25) is 4.79 Å². The van der Waals surface area contributed by atoms with Crippen molar-refractivity contribution in [2.75, 3.05) is 6.61 Å². The van der Waals surface area contributed by atoms with E-state index in [-0.39, 0.29) is 11.0 Å². The zero-order chi connectivity index (χ0) is 18.5. The van der Waals surface area contributed by atoms with Crippen LogP contribution in [0.4, 0.5) is 0 Å². The molecule has 1 aliphatic heterocycles. The average Bonchev–Trinajstić information content (AvgIpc) is 2.90. The van der Waals surface area contributed by atoms with Crippen molar-refractivity contribution in [1.29, 1.82) is 0 Å². The summed E-state index contributed by atoms with van der Waals surface area (Å²) in [5, 5.41) is 0.168. The average molecular weight is 360 g/mol. The van der Waals surface area contributed by atoms with Gasteiger partial charge in [-0.2, -0.15) is 0 Å². The van der Waals surface area contributed by atoms with Crippen LogP contribution in [-0.2, 0) is 11.2 Å². The Kier molecular flexibility index (Phi) is 6.05. The molecule has 0 aliphatic carbocycles. The van der Waals surface area contributed by atoms with Crippen molar-refractivity contribution >= 4 is 36.3 Å². The summed E-state index contributed by atoms with van der Waals surface area (Å²) in [6.45, 7) is 6.79. The maximum Gasteiger partial charge on any atom is 0.201 e. The van der Waals surface area contributed by atoms with Crippen molar-refractivity contribution in [3.63, 3.8) is 0 Å². The number of hydrogen-bond acceptors (Lipinski definition) is 3. The SMILES string of the molecule is [B]c1ccccc1CCC1C(=C)/C(=C\c2ccc(OCC)cc2)SC1=O. The highest BCUT2D eigenvalue weighted by Crippen LogP contribution is 2.43. The molecule has 0 aromatic heterocycles. The summed E-state index contributed by atoms with van der Waals surface area (Å²) in [6.07, 6.45) is 3.54. The molecule has 1 atom stereocenters. The van der Waals surface area contributed by atoms with E-state index in [0.29, 0.717) is 6.61 Å². The van der Waals surface area contributed by atoms with E-state index < -0.39 is 0 Å². The zero-order valence-electron chi connectivity index (χ0n) is 14.9. The van der Waals surface area contributed by atoms with E-state index in [2.05, 4.69) is 6.58 Å². The highest BCUT2D eigenvalue weighted by atomic mass is 32.2. The Balaban J connectivity index is 1.69. The first-order valence-corrected chi connectivity index (χ1v) is 9.59. The first kappa shape index (κ1) is 18.6. The number of ether oxygens (including phenoxy) is 1. The minimum atomic E-state index is -0.145. The maximum atomic E-state index is 12.4. The quantitative estimate of drug-likeness (QED) is 0.719. The molecule has 4 heteroatoms. The van der Waals surface area contributed by atoms with E-state index in [1.807, 2.05) is 61.5 Å². The zero-order valence-corrected chi connectivity index (χ0v) is 15.7. The van der Waals surface area contributed by atoms with Crippen LogP contribution >= 0.6 is 11.8 Å². The standard InChI is InChI=1S/C22H21BO2S/c1-3-25-18-11-8-16(9-12-18)14-21-15(2)19(22(24)26-21)13-10-17-6-4-5-7-20(17)23/h4-9,11-12,14,19H,2-3,10,13H2,1H3/b21-14+. The molecule has 0 saturated carbocycles. The Hall–Kier alpha value is -2.20. The highest BCUT2D eigenvalue weighted by molar-refractivity contribution is 8.17. The number of carbonyl (C=O) groups excluding carboxylic acids is 1. The van der Waals surface area contributed by atoms with Crippen molar-refractivity contribution in [2.45, 2.75) is 19.8 Å². The van der Waals surface area contributed by atoms with Crippen molar-refractivity contribution in [2.24, 2.45) is 5.92 Å². The number of benzene rings is 2. The molecule has 1 unspecified atom stereocenters. The van der Waals surface area contributed by atoms with E-state index in [1.165, 1.54) is 11.8 Å². The van der Waals surface area contributed by atoms with Gasteiger partial charge in [-0.05, 0) is 49.1 Å². The van der Waals surface area contributed by atoms with Crippen LogP contribution in [0, 0.1) is 5.92 Å². The van der Waals surface area contributed by atoms with Crippen LogP contribution in [-0.4, -0.2) is 19.6 Å². The maximum absolute atomic E-state index is 12.4. The molecule has 2 radical (unpaired) electrons. The number of rotatable bonds is 6. The van der Waals surface area contributed by atoms with Gasteiger partial charge in [0.05, 0.1) is 12.5 Å². The molecular formula is C22H21BO2S. The predicted octanol–water partition coefficient (Wildman–Crippen LogP) is 4.30. The van der Waals surface area contributed by atoms with Gasteiger partial charge < -0.3 is 4.74 Å². The van der Waals surface area contributed by atoms with E-state index in [1.54, 1.807) is 0 Å². The molecule has 26 heavy (non-hydrogen) atoms. The molecular weight excluding hydrogens is 339 g/mol. The molecule has 1 saturated heterocycles. The lowest BCUT2D eigenvalue weighted by molar-refractivity contribution is -0.113. The van der Waals surface area contributed by atoms with Gasteiger partial charge in [0, 0.05) is 4.91 Å². The predicted molar refractivity (Wildman–Crippen MR) is 111 cm³/mol. The summed E-state index contributed by atoms with van der Waals surface area (Å²) in [5.74, 6) is 0.704. The lowest BCUT2D eigenvalue weighted by Crippen LogP contribution is -2.13. The molecule has 0 bridgehead atoms. The van der Waals surface area contributed by atoms with E-state index in [4.69, 9.17) is 12.6 Å². The number of carbonyl (C=O) groups is 1. The van der Waals surface area contributed by atoms with Gasteiger partial charge in [0.25, 0.3) is 0 Å². The number of aryl methyl sites for hydroxylation is 1. The molecule has 2 aromatic rings. The Morgan fingerprint density at radius 1 is 1.19 bits per heavy atom. The Labute approximate surface area is 160 Å². The van der Waals surface area contributed by atoms with E-state index in [9.17, 15) is 4.79 Å². The van der Waals surface area contributed by atoms with Gasteiger partial charge in [-0.25, -0.2) is 0 Å². The largest absolute Gasteiger partial charge is 0.494 e. The summed E-state index contributed by atoms with van der Waals surface area (Å²) in [4.78, 5) is 13.4. The van der Waals surface area contributed by atoms with Crippen LogP contribution in [0.1, 0.15) is 24.5 Å². The normalized spacial score (nSPS) is 18.5. The minimum absolute atomic E-state index is 0.145. The summed E-state index contributed by atoms with van der Waals surface area (Å²) in [5.41, 5.74) is 3.81. The fourth-order valence-electron chi connectivity index (χ4n) is 3.01. The third kappa shape index (κ3) is 4.31. The van der Waals surface area contributed by atoms with Gasteiger partial charge in [-0.15, -0.1) is 0 Å². The van der Waals surface area contributed by atoms with Crippen molar-refractivity contribution < 1.29 is 9.53 Å². The lowest BCUT2D eigenvalue weighted by atomic mass is 9.86. The van der Waals surface area contributed by atoms with Crippen LogP contribution in [0.3, 0.4) is 0 Å². The third-order valence-electron chi connectivity index (χ3n) is 4.48. The smallest absolute Gasteiger partial charge is 0.201 e. The first-order valence-electron chi connectivity index (χ1n) is 8.77. The topological polar surface area (TPSA) is 26.3 Å². The third-order valence-corrected chi connectivity index (χ3v) is 5.56.